The van der Waals surface area contributed by atoms with Crippen LogP contribution in [0.5, 0.6) is 11.5 Å². The van der Waals surface area contributed by atoms with Crippen molar-refractivity contribution in [2.75, 3.05) is 18.5 Å². The molecule has 0 aliphatic carbocycles. The minimum Gasteiger partial charge on any atom is -0.486 e. The van der Waals surface area contributed by atoms with Crippen LogP contribution in [0.4, 0.5) is 10.6 Å². The van der Waals surface area contributed by atoms with E-state index >= 15 is 0 Å². The highest BCUT2D eigenvalue weighted by Crippen LogP contribution is 2.30. The Labute approximate surface area is 121 Å². The van der Waals surface area contributed by atoms with Crippen molar-refractivity contribution in [3.8, 4) is 11.5 Å². The van der Waals surface area contributed by atoms with Crippen molar-refractivity contribution >= 4 is 11.8 Å². The molecule has 0 fully saturated rings. The molecule has 1 atom stereocenters. The molecule has 3 rings (SSSR count). The zero-order chi connectivity index (χ0) is 14.7. The Bertz CT molecular complexity index is 641. The lowest BCUT2D eigenvalue weighted by molar-refractivity contribution is 0.0922. The summed E-state index contributed by atoms with van der Waals surface area (Å²) in [6.45, 7) is 2.47. The van der Waals surface area contributed by atoms with Crippen molar-refractivity contribution in [1.29, 1.82) is 0 Å². The van der Waals surface area contributed by atoms with Crippen LogP contribution < -0.4 is 20.1 Å². The Kier molecular flexibility index (Phi) is 3.63. The smallest absolute Gasteiger partial charge is 0.320 e. The van der Waals surface area contributed by atoms with Gasteiger partial charge in [0.2, 0.25) is 0 Å². The van der Waals surface area contributed by atoms with Gasteiger partial charge in [-0.25, -0.2) is 4.79 Å². The van der Waals surface area contributed by atoms with E-state index in [1.807, 2.05) is 24.3 Å². The molecule has 21 heavy (non-hydrogen) atoms. The Morgan fingerprint density at radius 2 is 2.19 bits per heavy atom. The van der Waals surface area contributed by atoms with E-state index < -0.39 is 0 Å². The van der Waals surface area contributed by atoms with Gasteiger partial charge in [-0.15, -0.1) is 0 Å². The van der Waals surface area contributed by atoms with Gasteiger partial charge in [0.25, 0.3) is 0 Å². The number of urea groups is 1. The second-order valence-electron chi connectivity index (χ2n) is 4.66. The Morgan fingerprint density at radius 3 is 2.95 bits per heavy atom. The summed E-state index contributed by atoms with van der Waals surface area (Å²) < 4.78 is 16.2. The maximum atomic E-state index is 11.7. The van der Waals surface area contributed by atoms with Crippen LogP contribution in [0.25, 0.3) is 0 Å². The first kappa shape index (κ1) is 13.3. The normalized spacial score (nSPS) is 16.3. The number of fused-ring (bicyclic) bond motifs is 1. The number of aromatic nitrogens is 1. The van der Waals surface area contributed by atoms with Crippen molar-refractivity contribution < 1.29 is 18.8 Å². The second-order valence-corrected chi connectivity index (χ2v) is 4.66. The number of rotatable bonds is 3. The van der Waals surface area contributed by atoms with Gasteiger partial charge in [0.1, 0.15) is 12.4 Å². The lowest BCUT2D eigenvalue weighted by atomic mass is 10.2. The van der Waals surface area contributed by atoms with E-state index in [0.29, 0.717) is 30.5 Å². The van der Waals surface area contributed by atoms with Crippen molar-refractivity contribution in [2.24, 2.45) is 0 Å². The van der Waals surface area contributed by atoms with E-state index in [2.05, 4.69) is 15.8 Å². The first-order chi connectivity index (χ1) is 10.2. The van der Waals surface area contributed by atoms with Gasteiger partial charge in [-0.3, -0.25) is 5.32 Å². The Balaban J connectivity index is 1.49. The summed E-state index contributed by atoms with van der Waals surface area (Å²) in [6, 6.07) is 8.70. The summed E-state index contributed by atoms with van der Waals surface area (Å²) >= 11 is 0. The maximum Gasteiger partial charge on any atom is 0.320 e. The predicted octanol–water partition coefficient (Wildman–Crippen LogP) is 1.94. The van der Waals surface area contributed by atoms with E-state index in [1.165, 1.54) is 0 Å². The molecule has 0 bridgehead atoms. The van der Waals surface area contributed by atoms with Crippen molar-refractivity contribution in [1.82, 2.24) is 10.5 Å². The molecule has 110 valence electrons. The summed E-state index contributed by atoms with van der Waals surface area (Å²) in [5.41, 5.74) is 0. The number of amides is 2. The minimum absolute atomic E-state index is 0.232. The fourth-order valence-electron chi connectivity index (χ4n) is 1.96. The molecule has 0 spiro atoms. The van der Waals surface area contributed by atoms with Crippen LogP contribution in [0.15, 0.2) is 34.9 Å². The fourth-order valence-corrected chi connectivity index (χ4v) is 1.96. The molecule has 2 aromatic rings. The molecule has 2 heterocycles. The van der Waals surface area contributed by atoms with Gasteiger partial charge in [-0.1, -0.05) is 17.3 Å². The van der Waals surface area contributed by atoms with Crippen LogP contribution in [-0.4, -0.2) is 30.4 Å². The number of anilines is 1. The monoisotopic (exact) mass is 289 g/mol. The third-order valence-electron chi connectivity index (χ3n) is 2.93. The zero-order valence-electron chi connectivity index (χ0n) is 11.5. The molecule has 0 saturated carbocycles. The van der Waals surface area contributed by atoms with E-state index in [0.717, 1.165) is 5.75 Å². The molecule has 1 aromatic heterocycles. The van der Waals surface area contributed by atoms with Gasteiger partial charge in [-0.05, 0) is 19.1 Å². The topological polar surface area (TPSA) is 85.6 Å². The van der Waals surface area contributed by atoms with Crippen molar-refractivity contribution in [2.45, 2.75) is 13.0 Å². The molecule has 1 aliphatic rings. The molecule has 1 unspecified atom stereocenters. The summed E-state index contributed by atoms with van der Waals surface area (Å²) in [6.07, 6.45) is -0.232. The zero-order valence-corrected chi connectivity index (χ0v) is 11.5. The molecular weight excluding hydrogens is 274 g/mol. The number of hydrogen-bond acceptors (Lipinski definition) is 5. The summed E-state index contributed by atoms with van der Waals surface area (Å²) in [4.78, 5) is 11.7. The Morgan fingerprint density at radius 1 is 1.38 bits per heavy atom. The maximum absolute atomic E-state index is 11.7. The average Bonchev–Trinajstić information content (AvgIpc) is 2.90. The average molecular weight is 289 g/mol. The quantitative estimate of drug-likeness (QED) is 0.902. The molecule has 0 radical (unpaired) electrons. The van der Waals surface area contributed by atoms with Crippen LogP contribution in [0, 0.1) is 6.92 Å². The first-order valence-corrected chi connectivity index (χ1v) is 6.57. The molecule has 2 amide bonds. The number of benzene rings is 1. The minimum atomic E-state index is -0.370. The molecule has 1 aromatic carbocycles. The molecule has 0 saturated heterocycles. The van der Waals surface area contributed by atoms with Gasteiger partial charge < -0.3 is 19.3 Å². The molecular formula is C14H15N3O4. The number of nitrogens with zero attached hydrogens (tertiary/aromatic N) is 1. The number of ether oxygens (including phenoxy) is 2. The van der Waals surface area contributed by atoms with Crippen LogP contribution in [0.3, 0.4) is 0 Å². The van der Waals surface area contributed by atoms with E-state index in [4.69, 9.17) is 14.0 Å². The van der Waals surface area contributed by atoms with Gasteiger partial charge in [0, 0.05) is 6.07 Å². The highest BCUT2D eigenvalue weighted by atomic mass is 16.6. The molecule has 7 heteroatoms. The summed E-state index contributed by atoms with van der Waals surface area (Å²) in [7, 11) is 0. The number of hydrogen-bond donors (Lipinski definition) is 2. The molecule has 7 nitrogen and oxygen atoms in total. The van der Waals surface area contributed by atoms with Crippen molar-refractivity contribution in [3.05, 3.63) is 36.1 Å². The third-order valence-corrected chi connectivity index (χ3v) is 2.93. The van der Waals surface area contributed by atoms with E-state index in [1.54, 1.807) is 13.0 Å². The number of nitrogens with one attached hydrogen (secondary N) is 2. The summed E-state index contributed by atoms with van der Waals surface area (Å²) in [5, 5.41) is 8.95. The number of para-hydroxylation sites is 2. The second kappa shape index (κ2) is 5.74. The van der Waals surface area contributed by atoms with Crippen molar-refractivity contribution in [3.63, 3.8) is 0 Å². The lowest BCUT2D eigenvalue weighted by Crippen LogP contribution is -2.42. The SMILES string of the molecule is Cc1cc(NC(=O)NCC2COc3ccccc3O2)no1. The van der Waals surface area contributed by atoms with Gasteiger partial charge in [0.05, 0.1) is 6.54 Å². The van der Waals surface area contributed by atoms with Crippen LogP contribution in [0.1, 0.15) is 5.76 Å². The standard InChI is InChI=1S/C14H15N3O4/c1-9-6-13(17-21-9)16-14(18)15-7-10-8-19-11-4-2-3-5-12(11)20-10/h2-6,10H,7-8H2,1H3,(H2,15,16,17,18). The molecule has 2 N–H and O–H groups in total. The number of carbonyl (C=O) groups is 1. The van der Waals surface area contributed by atoms with Gasteiger partial charge in [-0.2, -0.15) is 0 Å². The largest absolute Gasteiger partial charge is 0.486 e. The number of aryl methyl sites for hydroxylation is 1. The van der Waals surface area contributed by atoms with Crippen LogP contribution in [0.2, 0.25) is 0 Å². The fraction of sp³-hybridized carbons (Fsp3) is 0.286. The van der Waals surface area contributed by atoms with Crippen LogP contribution in [-0.2, 0) is 0 Å². The Hall–Kier alpha value is -2.70. The summed E-state index contributed by atoms with van der Waals surface area (Å²) in [5.74, 6) is 2.40. The highest BCUT2D eigenvalue weighted by molar-refractivity contribution is 5.88. The first-order valence-electron chi connectivity index (χ1n) is 6.57. The van der Waals surface area contributed by atoms with Gasteiger partial charge in [0.15, 0.2) is 23.4 Å². The van der Waals surface area contributed by atoms with E-state index in [9.17, 15) is 4.79 Å². The predicted molar refractivity (Wildman–Crippen MR) is 74.6 cm³/mol. The highest BCUT2D eigenvalue weighted by Gasteiger charge is 2.21. The molecule has 1 aliphatic heterocycles. The van der Waals surface area contributed by atoms with Gasteiger partial charge >= 0.3 is 6.03 Å². The lowest BCUT2D eigenvalue weighted by Gasteiger charge is -2.26. The van der Waals surface area contributed by atoms with E-state index in [-0.39, 0.29) is 12.1 Å². The third kappa shape index (κ3) is 3.25. The number of carbonyl (C=O) groups excluding carboxylic acids is 1. The van der Waals surface area contributed by atoms with Crippen LogP contribution >= 0.6 is 0 Å².